The topological polar surface area (TPSA) is 63.3 Å². The zero-order valence-corrected chi connectivity index (χ0v) is 8.61. The number of hydrogen-bond donors (Lipinski definition) is 1. The molecular weight excluding hydrogens is 250 g/mol. The summed E-state index contributed by atoms with van der Waals surface area (Å²) in [6.45, 7) is 0. The molecule has 0 amide bonds. The van der Waals surface area contributed by atoms with Gasteiger partial charge < -0.3 is 9.52 Å². The molecule has 1 aromatic heterocycles. The van der Waals surface area contributed by atoms with Crippen molar-refractivity contribution in [2.45, 2.75) is 6.42 Å². The summed E-state index contributed by atoms with van der Waals surface area (Å²) in [5.74, 6) is -0.861. The molecule has 0 fully saturated rings. The summed E-state index contributed by atoms with van der Waals surface area (Å²) in [5.41, 5.74) is 2.00. The maximum atomic E-state index is 10.5. The average Bonchev–Trinajstić information content (AvgIpc) is 2.50. The van der Waals surface area contributed by atoms with Crippen molar-refractivity contribution < 1.29 is 14.3 Å². The fourth-order valence-corrected chi connectivity index (χ4v) is 1.85. The number of carbonyl (C=O) groups is 1. The number of rotatable bonds is 2. The molecule has 0 saturated heterocycles. The third-order valence-electron chi connectivity index (χ3n) is 1.80. The van der Waals surface area contributed by atoms with Gasteiger partial charge in [0, 0.05) is 0 Å². The number of aromatic nitrogens is 1. The minimum absolute atomic E-state index is 0.0125. The van der Waals surface area contributed by atoms with E-state index in [9.17, 15) is 4.79 Å². The minimum atomic E-state index is -0.861. The molecule has 0 spiro atoms. The smallest absolute Gasteiger partial charge is 0.307 e. The van der Waals surface area contributed by atoms with Crippen LogP contribution in [0.1, 0.15) is 5.56 Å². The van der Waals surface area contributed by atoms with Gasteiger partial charge in [-0.05, 0) is 33.6 Å². The van der Waals surface area contributed by atoms with Crippen LogP contribution in [-0.2, 0) is 11.2 Å². The first-order valence-electron chi connectivity index (χ1n) is 3.90. The lowest BCUT2D eigenvalue weighted by molar-refractivity contribution is -0.136. The fourth-order valence-electron chi connectivity index (χ4n) is 1.26. The monoisotopic (exact) mass is 255 g/mol. The van der Waals surface area contributed by atoms with Crippen molar-refractivity contribution in [3.8, 4) is 0 Å². The van der Waals surface area contributed by atoms with Gasteiger partial charge in [-0.2, -0.15) is 0 Å². The van der Waals surface area contributed by atoms with Gasteiger partial charge >= 0.3 is 5.97 Å². The third kappa shape index (κ3) is 1.63. The highest BCUT2D eigenvalue weighted by molar-refractivity contribution is 9.10. The van der Waals surface area contributed by atoms with E-state index in [1.807, 2.05) is 0 Å². The number of hydrogen-bond acceptors (Lipinski definition) is 3. The first kappa shape index (κ1) is 9.21. The van der Waals surface area contributed by atoms with Crippen LogP contribution in [0.2, 0.25) is 0 Å². The average molecular weight is 256 g/mol. The van der Waals surface area contributed by atoms with Crippen LogP contribution in [0.3, 0.4) is 0 Å². The first-order chi connectivity index (χ1) is 6.66. The van der Waals surface area contributed by atoms with Gasteiger partial charge in [0.1, 0.15) is 5.52 Å². The highest BCUT2D eigenvalue weighted by Crippen LogP contribution is 2.25. The molecule has 72 valence electrons. The van der Waals surface area contributed by atoms with Crippen LogP contribution in [0.15, 0.2) is 27.4 Å². The molecule has 5 heteroatoms. The summed E-state index contributed by atoms with van der Waals surface area (Å²) in [4.78, 5) is 14.5. The molecule has 0 aliphatic heterocycles. The number of benzene rings is 1. The lowest BCUT2D eigenvalue weighted by Crippen LogP contribution is -1.99. The Morgan fingerprint density at radius 1 is 1.57 bits per heavy atom. The second-order valence-electron chi connectivity index (χ2n) is 2.85. The van der Waals surface area contributed by atoms with Crippen LogP contribution in [0.5, 0.6) is 0 Å². The van der Waals surface area contributed by atoms with Gasteiger partial charge in [0.15, 0.2) is 12.0 Å². The van der Waals surface area contributed by atoms with Crippen molar-refractivity contribution in [3.63, 3.8) is 0 Å². The van der Waals surface area contributed by atoms with Crippen molar-refractivity contribution in [1.82, 2.24) is 4.98 Å². The van der Waals surface area contributed by atoms with E-state index >= 15 is 0 Å². The van der Waals surface area contributed by atoms with Crippen molar-refractivity contribution in [2.24, 2.45) is 0 Å². The molecule has 0 aliphatic carbocycles. The van der Waals surface area contributed by atoms with E-state index < -0.39 is 5.97 Å². The molecule has 2 aromatic rings. The van der Waals surface area contributed by atoms with Crippen LogP contribution in [-0.4, -0.2) is 16.1 Å². The predicted octanol–water partition coefficient (Wildman–Crippen LogP) is 2.22. The molecule has 2 rings (SSSR count). The minimum Gasteiger partial charge on any atom is -0.481 e. The molecule has 0 atom stereocenters. The predicted molar refractivity (Wildman–Crippen MR) is 53.0 cm³/mol. The molecule has 0 unspecified atom stereocenters. The van der Waals surface area contributed by atoms with E-state index in [-0.39, 0.29) is 6.42 Å². The Morgan fingerprint density at radius 2 is 2.36 bits per heavy atom. The van der Waals surface area contributed by atoms with Gasteiger partial charge in [-0.15, -0.1) is 0 Å². The standard InChI is InChI=1S/C9H6BrNO3/c10-6-1-5(3-8(12)13)2-7-9(6)14-4-11-7/h1-2,4H,3H2,(H,12,13). The lowest BCUT2D eigenvalue weighted by atomic mass is 10.1. The van der Waals surface area contributed by atoms with Gasteiger partial charge in [-0.3, -0.25) is 4.79 Å². The Balaban J connectivity index is 2.53. The van der Waals surface area contributed by atoms with Crippen molar-refractivity contribution in [3.05, 3.63) is 28.6 Å². The Kier molecular flexibility index (Phi) is 2.25. The van der Waals surface area contributed by atoms with Crippen LogP contribution < -0.4 is 0 Å². The van der Waals surface area contributed by atoms with Crippen molar-refractivity contribution >= 4 is 33.0 Å². The molecule has 0 radical (unpaired) electrons. The van der Waals surface area contributed by atoms with Crippen LogP contribution >= 0.6 is 15.9 Å². The van der Waals surface area contributed by atoms with E-state index in [0.29, 0.717) is 16.7 Å². The molecule has 0 bridgehead atoms. The quantitative estimate of drug-likeness (QED) is 0.894. The summed E-state index contributed by atoms with van der Waals surface area (Å²) in [6.07, 6.45) is 1.32. The number of halogens is 1. The second-order valence-corrected chi connectivity index (χ2v) is 3.70. The normalized spacial score (nSPS) is 10.6. The zero-order chi connectivity index (χ0) is 10.1. The number of aliphatic carboxylic acids is 1. The highest BCUT2D eigenvalue weighted by Gasteiger charge is 2.08. The Morgan fingerprint density at radius 3 is 3.07 bits per heavy atom. The summed E-state index contributed by atoms with van der Waals surface area (Å²) in [5, 5.41) is 8.62. The van der Waals surface area contributed by atoms with Gasteiger partial charge in [0.25, 0.3) is 0 Å². The van der Waals surface area contributed by atoms with Crippen LogP contribution in [0, 0.1) is 0 Å². The highest BCUT2D eigenvalue weighted by atomic mass is 79.9. The maximum Gasteiger partial charge on any atom is 0.307 e. The first-order valence-corrected chi connectivity index (χ1v) is 4.69. The molecule has 0 aliphatic rings. The van der Waals surface area contributed by atoms with E-state index in [1.165, 1.54) is 6.39 Å². The molecule has 1 N–H and O–H groups in total. The number of nitrogens with zero attached hydrogens (tertiary/aromatic N) is 1. The van der Waals surface area contributed by atoms with Crippen molar-refractivity contribution in [2.75, 3.05) is 0 Å². The Hall–Kier alpha value is -1.36. The van der Waals surface area contributed by atoms with Gasteiger partial charge in [0.2, 0.25) is 0 Å². The Bertz CT molecular complexity index is 492. The SMILES string of the molecule is O=C(O)Cc1cc(Br)c2ocnc2c1. The summed E-state index contributed by atoms with van der Waals surface area (Å²) in [6, 6.07) is 3.43. The molecule has 1 heterocycles. The van der Waals surface area contributed by atoms with Gasteiger partial charge in [-0.1, -0.05) is 0 Å². The van der Waals surface area contributed by atoms with E-state index in [0.717, 1.165) is 4.47 Å². The van der Waals surface area contributed by atoms with Crippen LogP contribution in [0.25, 0.3) is 11.1 Å². The molecule has 0 saturated carbocycles. The zero-order valence-electron chi connectivity index (χ0n) is 7.03. The fraction of sp³-hybridized carbons (Fsp3) is 0.111. The second kappa shape index (κ2) is 3.42. The molecule has 14 heavy (non-hydrogen) atoms. The number of fused-ring (bicyclic) bond motifs is 1. The van der Waals surface area contributed by atoms with E-state index in [1.54, 1.807) is 12.1 Å². The summed E-state index contributed by atoms with van der Waals surface area (Å²) < 4.78 is 5.83. The van der Waals surface area contributed by atoms with Gasteiger partial charge in [0.05, 0.1) is 10.9 Å². The van der Waals surface area contributed by atoms with Crippen LogP contribution in [0.4, 0.5) is 0 Å². The third-order valence-corrected chi connectivity index (χ3v) is 2.39. The summed E-state index contributed by atoms with van der Waals surface area (Å²) >= 11 is 3.29. The largest absolute Gasteiger partial charge is 0.481 e. The van der Waals surface area contributed by atoms with E-state index in [4.69, 9.17) is 9.52 Å². The maximum absolute atomic E-state index is 10.5. The number of carboxylic acid groups (broad SMARTS) is 1. The van der Waals surface area contributed by atoms with Crippen molar-refractivity contribution in [1.29, 1.82) is 0 Å². The lowest BCUT2D eigenvalue weighted by Gasteiger charge is -1.98. The van der Waals surface area contributed by atoms with E-state index in [2.05, 4.69) is 20.9 Å². The molecule has 4 nitrogen and oxygen atoms in total. The molecule has 1 aromatic carbocycles. The molecular formula is C9H6BrNO3. The Labute approximate surface area is 87.7 Å². The summed E-state index contributed by atoms with van der Waals surface area (Å²) in [7, 11) is 0. The number of oxazole rings is 1. The number of carboxylic acids is 1. The van der Waals surface area contributed by atoms with Gasteiger partial charge in [-0.25, -0.2) is 4.98 Å².